The fraction of sp³-hybridized carbons (Fsp3) is 0.778. The van der Waals surface area contributed by atoms with Crippen molar-refractivity contribution in [2.75, 3.05) is 10.5 Å². The highest BCUT2D eigenvalue weighted by Crippen LogP contribution is 2.46. The maximum Gasteiger partial charge on any atom is 0.331 e. The Bertz CT molecular complexity index is 509. The van der Waals surface area contributed by atoms with Gasteiger partial charge in [-0.15, -0.1) is 11.6 Å². The van der Waals surface area contributed by atoms with Gasteiger partial charge in [0.2, 0.25) is 5.91 Å². The third kappa shape index (κ3) is 1.61. The third-order valence-corrected chi connectivity index (χ3v) is 7.30. The van der Waals surface area contributed by atoms with Crippen molar-refractivity contribution in [3.05, 3.63) is 0 Å². The zero-order valence-corrected chi connectivity index (χ0v) is 13.2. The second-order valence-corrected chi connectivity index (χ2v) is 7.88. The number of hydrogen-bond acceptors (Lipinski definition) is 5. The fourth-order valence-electron chi connectivity index (χ4n) is 2.38. The molecule has 3 atom stereocenters. The number of sulfone groups is 1. The van der Waals surface area contributed by atoms with Crippen molar-refractivity contribution in [2.24, 2.45) is 0 Å². The molecule has 0 radical (unpaired) electrons. The quantitative estimate of drug-likeness (QED) is 0.290. The third-order valence-electron chi connectivity index (χ3n) is 3.50. The molecule has 0 saturated carbocycles. The van der Waals surface area contributed by atoms with Crippen LogP contribution in [0.2, 0.25) is 0 Å². The average molecular weight is 408 g/mol. The lowest BCUT2D eigenvalue weighted by Crippen LogP contribution is -2.58. The molecule has 102 valence electrons. The van der Waals surface area contributed by atoms with Crippen LogP contribution in [0.3, 0.4) is 0 Å². The lowest BCUT2D eigenvalue weighted by Gasteiger charge is -2.36. The van der Waals surface area contributed by atoms with E-state index in [1.165, 1.54) is 6.92 Å². The van der Waals surface area contributed by atoms with Crippen LogP contribution in [0.5, 0.6) is 0 Å². The summed E-state index contributed by atoms with van der Waals surface area (Å²) in [6, 6.07) is -1.14. The van der Waals surface area contributed by atoms with Gasteiger partial charge in [0.05, 0.1) is 6.42 Å². The molecule has 2 heterocycles. The molecular formula is C9H11ClINO5S. The van der Waals surface area contributed by atoms with Crippen LogP contribution in [0.15, 0.2) is 0 Å². The van der Waals surface area contributed by atoms with E-state index in [-0.39, 0.29) is 22.8 Å². The van der Waals surface area contributed by atoms with Crippen molar-refractivity contribution in [3.63, 3.8) is 0 Å². The Morgan fingerprint density at radius 1 is 1.67 bits per heavy atom. The van der Waals surface area contributed by atoms with E-state index in [0.717, 1.165) is 4.90 Å². The largest absolute Gasteiger partial charge is 0.453 e. The van der Waals surface area contributed by atoms with E-state index >= 15 is 0 Å². The number of fused-ring (bicyclic) bond motifs is 1. The molecule has 6 nitrogen and oxygen atoms in total. The zero-order chi connectivity index (χ0) is 13.7. The van der Waals surface area contributed by atoms with E-state index in [4.69, 9.17) is 16.3 Å². The molecule has 9 heteroatoms. The Hall–Kier alpha value is -0.0900. The smallest absolute Gasteiger partial charge is 0.331 e. The number of β-lactam (4-membered cyclic amide) rings is 1. The van der Waals surface area contributed by atoms with E-state index in [9.17, 15) is 18.0 Å². The Balaban J connectivity index is 2.48. The topological polar surface area (TPSA) is 80.8 Å². The highest BCUT2D eigenvalue weighted by molar-refractivity contribution is 14.1. The Morgan fingerprint density at radius 2 is 2.28 bits per heavy atom. The normalized spacial score (nSPS) is 37.1. The minimum Gasteiger partial charge on any atom is -0.453 e. The summed E-state index contributed by atoms with van der Waals surface area (Å²) in [5.74, 6) is -1.32. The van der Waals surface area contributed by atoms with Gasteiger partial charge in [0.15, 0.2) is 15.9 Å². The summed E-state index contributed by atoms with van der Waals surface area (Å²) in [5.41, 5.74) is 0. The maximum absolute atomic E-state index is 12.3. The number of halogens is 2. The molecule has 0 aliphatic carbocycles. The maximum atomic E-state index is 12.3. The van der Waals surface area contributed by atoms with Gasteiger partial charge in [0.25, 0.3) is 0 Å². The molecule has 0 bridgehead atoms. The first-order chi connectivity index (χ1) is 8.31. The molecule has 2 rings (SSSR count). The van der Waals surface area contributed by atoms with Gasteiger partial charge in [-0.1, -0.05) is 0 Å². The second kappa shape index (κ2) is 4.48. The lowest BCUT2D eigenvalue weighted by molar-refractivity contribution is -0.159. The van der Waals surface area contributed by atoms with Crippen LogP contribution in [0.4, 0.5) is 0 Å². The first-order valence-electron chi connectivity index (χ1n) is 5.14. The molecule has 0 aromatic rings. The fourth-order valence-corrected chi connectivity index (χ4v) is 5.48. The molecular weight excluding hydrogens is 397 g/mol. The number of carbonyl (C=O) groups is 2. The first kappa shape index (κ1) is 14.3. The molecule has 2 aliphatic rings. The zero-order valence-electron chi connectivity index (χ0n) is 9.43. The summed E-state index contributed by atoms with van der Waals surface area (Å²) < 4.78 is 28.0. The van der Waals surface area contributed by atoms with Crippen molar-refractivity contribution >= 4 is 55.9 Å². The van der Waals surface area contributed by atoms with Gasteiger partial charge in [-0.25, -0.2) is 13.2 Å². The minimum absolute atomic E-state index is 0.0805. The van der Waals surface area contributed by atoms with Gasteiger partial charge in [0.1, 0.15) is 14.7 Å². The average Bonchev–Trinajstić information content (AvgIpc) is 2.44. The van der Waals surface area contributed by atoms with Gasteiger partial charge in [-0.05, 0) is 29.5 Å². The molecule has 1 amide bonds. The predicted octanol–water partition coefficient (Wildman–Crippen LogP) is 0.275. The number of alkyl halides is 2. The van der Waals surface area contributed by atoms with Crippen LogP contribution >= 0.6 is 34.2 Å². The monoisotopic (exact) mass is 407 g/mol. The number of esters is 1. The molecule has 18 heavy (non-hydrogen) atoms. The summed E-state index contributed by atoms with van der Waals surface area (Å²) >= 11 is 7.58. The van der Waals surface area contributed by atoms with Crippen molar-refractivity contribution in [2.45, 2.75) is 29.5 Å². The predicted molar refractivity (Wildman–Crippen MR) is 72.1 cm³/mol. The van der Waals surface area contributed by atoms with Gasteiger partial charge in [-0.3, -0.25) is 4.79 Å². The highest BCUT2D eigenvalue weighted by atomic mass is 127. The van der Waals surface area contributed by atoms with Crippen LogP contribution in [0.1, 0.15) is 13.3 Å². The summed E-state index contributed by atoms with van der Waals surface area (Å²) in [6.07, 6.45) is -0.0805. The molecule has 2 saturated heterocycles. The Labute approximate surface area is 123 Å². The summed E-state index contributed by atoms with van der Waals surface area (Å²) in [5, 5.41) is -0.930. The van der Waals surface area contributed by atoms with Crippen molar-refractivity contribution < 1.29 is 22.7 Å². The van der Waals surface area contributed by atoms with E-state index in [1.807, 2.05) is 22.6 Å². The van der Waals surface area contributed by atoms with E-state index in [2.05, 4.69) is 0 Å². The standard InChI is InChI=1S/C9H11ClINO5S/c1-9(3-10)7(8(14)17-4-11)12-5(13)2-6(12)18(9,15)16/h6-7H,2-4H2,1H3/t6-,7?,9-/m0/s1. The van der Waals surface area contributed by atoms with Crippen LogP contribution in [-0.2, 0) is 24.2 Å². The summed E-state index contributed by atoms with van der Waals surface area (Å²) in [7, 11) is -3.65. The Morgan fingerprint density at radius 3 is 2.72 bits per heavy atom. The number of ether oxygens (including phenoxy) is 1. The van der Waals surface area contributed by atoms with Crippen molar-refractivity contribution in [1.82, 2.24) is 4.90 Å². The lowest BCUT2D eigenvalue weighted by atomic mass is 9.98. The van der Waals surface area contributed by atoms with Crippen LogP contribution in [0.25, 0.3) is 0 Å². The Kier molecular flexibility index (Phi) is 3.56. The molecule has 0 aromatic carbocycles. The number of amides is 1. The molecule has 0 aromatic heterocycles. The van der Waals surface area contributed by atoms with Gasteiger partial charge in [-0.2, -0.15) is 0 Å². The van der Waals surface area contributed by atoms with E-state index in [0.29, 0.717) is 0 Å². The highest BCUT2D eigenvalue weighted by Gasteiger charge is 2.69. The first-order valence-corrected chi connectivity index (χ1v) is 8.75. The number of rotatable bonds is 3. The molecule has 2 aliphatic heterocycles. The van der Waals surface area contributed by atoms with E-state index < -0.39 is 32.0 Å². The van der Waals surface area contributed by atoms with Gasteiger partial charge >= 0.3 is 5.97 Å². The second-order valence-electron chi connectivity index (χ2n) is 4.43. The van der Waals surface area contributed by atoms with Crippen LogP contribution in [0, 0.1) is 0 Å². The molecule has 0 N–H and O–H groups in total. The number of hydrogen-bond donors (Lipinski definition) is 0. The van der Waals surface area contributed by atoms with Crippen LogP contribution < -0.4 is 0 Å². The van der Waals surface area contributed by atoms with Gasteiger partial charge in [0, 0.05) is 5.88 Å². The SMILES string of the molecule is C[C@]1(CCl)C(C(=O)OCI)N2C(=O)C[C@@H]2S1(=O)=O. The number of nitrogens with zero attached hydrogens (tertiary/aromatic N) is 1. The van der Waals surface area contributed by atoms with Crippen LogP contribution in [-0.4, -0.2) is 51.9 Å². The van der Waals surface area contributed by atoms with Gasteiger partial charge < -0.3 is 9.64 Å². The minimum atomic E-state index is -3.65. The molecule has 1 unspecified atom stereocenters. The summed E-state index contributed by atoms with van der Waals surface area (Å²) in [6.45, 7) is 1.39. The van der Waals surface area contributed by atoms with E-state index in [1.54, 1.807) is 0 Å². The molecule has 2 fully saturated rings. The molecule has 0 spiro atoms. The van der Waals surface area contributed by atoms with Crippen molar-refractivity contribution in [1.29, 1.82) is 0 Å². The van der Waals surface area contributed by atoms with Crippen molar-refractivity contribution in [3.8, 4) is 0 Å². The summed E-state index contributed by atoms with van der Waals surface area (Å²) in [4.78, 5) is 24.5. The number of carbonyl (C=O) groups excluding carboxylic acids is 2.